The fourth-order valence-corrected chi connectivity index (χ4v) is 4.53. The molecule has 0 aliphatic carbocycles. The van der Waals surface area contributed by atoms with E-state index in [0.717, 1.165) is 4.31 Å². The molecule has 0 unspecified atom stereocenters. The van der Waals surface area contributed by atoms with E-state index in [1.54, 1.807) is 49.4 Å². The van der Waals surface area contributed by atoms with E-state index in [9.17, 15) is 18.0 Å². The summed E-state index contributed by atoms with van der Waals surface area (Å²) in [4.78, 5) is 24.7. The van der Waals surface area contributed by atoms with Crippen molar-refractivity contribution in [3.8, 4) is 0 Å². The number of ether oxygens (including phenoxy) is 1. The molecule has 1 amide bonds. The van der Waals surface area contributed by atoms with Crippen LogP contribution in [0.25, 0.3) is 0 Å². The van der Waals surface area contributed by atoms with Crippen molar-refractivity contribution in [2.75, 3.05) is 23.3 Å². The lowest BCUT2D eigenvalue weighted by atomic mass is 10.1. The fourth-order valence-electron chi connectivity index (χ4n) is 2.96. The van der Waals surface area contributed by atoms with E-state index in [4.69, 9.17) is 16.3 Å². The number of nitrogens with one attached hydrogen (secondary N) is 1. The largest absolute Gasteiger partial charge is 0.465 e. The number of methoxy groups -OCH3 is 1. The minimum atomic E-state index is -4.03. The number of esters is 1. The van der Waals surface area contributed by atoms with E-state index in [1.807, 2.05) is 0 Å². The molecule has 0 saturated heterocycles. The van der Waals surface area contributed by atoms with E-state index in [0.29, 0.717) is 16.3 Å². The van der Waals surface area contributed by atoms with E-state index in [1.165, 1.54) is 37.4 Å². The van der Waals surface area contributed by atoms with Crippen LogP contribution in [0.3, 0.4) is 0 Å². The molecule has 0 aliphatic rings. The zero-order chi connectivity index (χ0) is 23.3. The highest BCUT2D eigenvalue weighted by atomic mass is 35.5. The molecular weight excluding hydrogens is 452 g/mol. The standard InChI is InChI=1S/C23H21ClN2O5S/c1-16-8-9-17(23(28)31-2)14-21(16)25-22(27)15-26(19-12-10-18(24)11-13-19)32(29,30)20-6-4-3-5-7-20/h3-14H,15H2,1-2H3,(H,25,27). The molecule has 32 heavy (non-hydrogen) atoms. The number of hydrogen-bond acceptors (Lipinski definition) is 5. The number of halogens is 1. The van der Waals surface area contributed by atoms with Crippen molar-refractivity contribution in [2.45, 2.75) is 11.8 Å². The topological polar surface area (TPSA) is 92.8 Å². The van der Waals surface area contributed by atoms with Crippen molar-refractivity contribution >= 4 is 44.9 Å². The fraction of sp³-hybridized carbons (Fsp3) is 0.130. The van der Waals surface area contributed by atoms with Crippen LogP contribution >= 0.6 is 11.6 Å². The van der Waals surface area contributed by atoms with Gasteiger partial charge in [0.05, 0.1) is 23.3 Å². The van der Waals surface area contributed by atoms with Crippen molar-refractivity contribution in [1.29, 1.82) is 0 Å². The van der Waals surface area contributed by atoms with Gasteiger partial charge in [-0.1, -0.05) is 35.9 Å². The number of amides is 1. The predicted molar refractivity (Wildman–Crippen MR) is 124 cm³/mol. The lowest BCUT2D eigenvalue weighted by molar-refractivity contribution is -0.114. The summed E-state index contributed by atoms with van der Waals surface area (Å²) in [5, 5.41) is 3.12. The van der Waals surface area contributed by atoms with Crippen LogP contribution in [0.1, 0.15) is 15.9 Å². The number of rotatable bonds is 7. The van der Waals surface area contributed by atoms with Crippen LogP contribution in [-0.4, -0.2) is 33.9 Å². The zero-order valence-electron chi connectivity index (χ0n) is 17.4. The number of carbonyl (C=O) groups excluding carboxylic acids is 2. The van der Waals surface area contributed by atoms with Gasteiger partial charge >= 0.3 is 5.97 Å². The lowest BCUT2D eigenvalue weighted by Gasteiger charge is -2.24. The van der Waals surface area contributed by atoms with E-state index >= 15 is 0 Å². The third kappa shape index (κ3) is 5.27. The van der Waals surface area contributed by atoms with Gasteiger partial charge in [0.1, 0.15) is 6.54 Å². The summed E-state index contributed by atoms with van der Waals surface area (Å²) >= 11 is 5.95. The SMILES string of the molecule is COC(=O)c1ccc(C)c(NC(=O)CN(c2ccc(Cl)cc2)S(=O)(=O)c2ccccc2)c1. The number of hydrogen-bond donors (Lipinski definition) is 1. The second kappa shape index (κ2) is 9.84. The summed E-state index contributed by atoms with van der Waals surface area (Å²) < 4.78 is 32.3. The smallest absolute Gasteiger partial charge is 0.337 e. The van der Waals surface area contributed by atoms with E-state index in [2.05, 4.69) is 5.32 Å². The monoisotopic (exact) mass is 472 g/mol. The van der Waals surface area contributed by atoms with Gasteiger partial charge in [0.25, 0.3) is 10.0 Å². The molecule has 166 valence electrons. The average Bonchev–Trinajstić information content (AvgIpc) is 2.79. The van der Waals surface area contributed by atoms with Crippen LogP contribution in [0.5, 0.6) is 0 Å². The van der Waals surface area contributed by atoms with Crippen LogP contribution < -0.4 is 9.62 Å². The van der Waals surface area contributed by atoms with Crippen LogP contribution in [-0.2, 0) is 19.6 Å². The minimum Gasteiger partial charge on any atom is -0.465 e. The van der Waals surface area contributed by atoms with Gasteiger partial charge < -0.3 is 10.1 Å². The molecule has 1 N–H and O–H groups in total. The Morgan fingerprint density at radius 2 is 1.66 bits per heavy atom. The van der Waals surface area contributed by atoms with Crippen molar-refractivity contribution in [3.05, 3.63) is 88.9 Å². The summed E-state index contributed by atoms with van der Waals surface area (Å²) in [6.45, 7) is 1.27. The van der Waals surface area contributed by atoms with Crippen molar-refractivity contribution in [3.63, 3.8) is 0 Å². The minimum absolute atomic E-state index is 0.0478. The lowest BCUT2D eigenvalue weighted by Crippen LogP contribution is -2.38. The van der Waals surface area contributed by atoms with Crippen LogP contribution in [0, 0.1) is 6.92 Å². The molecule has 0 radical (unpaired) electrons. The molecule has 3 aromatic carbocycles. The molecule has 9 heteroatoms. The first-order valence-corrected chi connectivity index (χ1v) is 11.4. The number of sulfonamides is 1. The van der Waals surface area contributed by atoms with E-state index < -0.39 is 28.4 Å². The number of nitrogens with zero attached hydrogens (tertiary/aromatic N) is 1. The Hall–Kier alpha value is -3.36. The number of anilines is 2. The average molecular weight is 473 g/mol. The summed E-state index contributed by atoms with van der Waals surface area (Å²) in [6, 6.07) is 18.7. The molecular formula is C23H21ClN2O5S. The van der Waals surface area contributed by atoms with Crippen molar-refractivity contribution in [1.82, 2.24) is 0 Å². The molecule has 3 aromatic rings. The van der Waals surface area contributed by atoms with Gasteiger partial charge in [0.2, 0.25) is 5.91 Å². The zero-order valence-corrected chi connectivity index (χ0v) is 19.0. The van der Waals surface area contributed by atoms with Gasteiger partial charge in [-0.2, -0.15) is 0 Å². The highest BCUT2D eigenvalue weighted by Gasteiger charge is 2.27. The molecule has 0 atom stereocenters. The number of aryl methyl sites for hydroxylation is 1. The Kier molecular flexibility index (Phi) is 7.17. The molecule has 0 fully saturated rings. The van der Waals surface area contributed by atoms with Gasteiger partial charge in [-0.3, -0.25) is 9.10 Å². The highest BCUT2D eigenvalue weighted by molar-refractivity contribution is 7.92. The normalized spacial score (nSPS) is 11.0. The van der Waals surface area contributed by atoms with E-state index in [-0.39, 0.29) is 16.1 Å². The van der Waals surface area contributed by atoms with Crippen LogP contribution in [0.2, 0.25) is 5.02 Å². The van der Waals surface area contributed by atoms with Crippen molar-refractivity contribution in [2.24, 2.45) is 0 Å². The first-order valence-electron chi connectivity index (χ1n) is 9.54. The Bertz CT molecular complexity index is 1230. The maximum absolute atomic E-state index is 13.3. The molecule has 3 rings (SSSR count). The van der Waals surface area contributed by atoms with Crippen LogP contribution in [0.4, 0.5) is 11.4 Å². The van der Waals surface area contributed by atoms with Gasteiger partial charge in [-0.15, -0.1) is 0 Å². The van der Waals surface area contributed by atoms with Gasteiger partial charge in [-0.05, 0) is 61.0 Å². The summed E-state index contributed by atoms with van der Waals surface area (Å²) in [6.07, 6.45) is 0. The van der Waals surface area contributed by atoms with Crippen molar-refractivity contribution < 1.29 is 22.7 Å². The molecule has 0 spiro atoms. The molecule has 7 nitrogen and oxygen atoms in total. The Morgan fingerprint density at radius 1 is 1.00 bits per heavy atom. The first kappa shape index (κ1) is 23.3. The number of benzene rings is 3. The molecule has 0 heterocycles. The Labute approximate surface area is 191 Å². The third-order valence-corrected chi connectivity index (χ3v) is 6.71. The number of carbonyl (C=O) groups is 2. The maximum atomic E-state index is 13.3. The van der Waals surface area contributed by atoms with Gasteiger partial charge in [0.15, 0.2) is 0 Å². The van der Waals surface area contributed by atoms with Gasteiger partial charge in [-0.25, -0.2) is 13.2 Å². The molecule has 0 aliphatic heterocycles. The molecule has 0 bridgehead atoms. The summed E-state index contributed by atoms with van der Waals surface area (Å²) in [7, 11) is -2.77. The molecule has 0 saturated carbocycles. The van der Waals surface area contributed by atoms with Crippen LogP contribution in [0.15, 0.2) is 77.7 Å². The predicted octanol–water partition coefficient (Wildman–Crippen LogP) is 4.27. The third-order valence-electron chi connectivity index (χ3n) is 4.67. The Morgan fingerprint density at radius 3 is 2.28 bits per heavy atom. The quantitative estimate of drug-likeness (QED) is 0.518. The summed E-state index contributed by atoms with van der Waals surface area (Å²) in [5.74, 6) is -1.13. The first-order chi connectivity index (χ1) is 15.2. The highest BCUT2D eigenvalue weighted by Crippen LogP contribution is 2.25. The second-order valence-electron chi connectivity index (χ2n) is 6.87. The Balaban J connectivity index is 1.93. The maximum Gasteiger partial charge on any atom is 0.337 e. The van der Waals surface area contributed by atoms with Gasteiger partial charge in [0, 0.05) is 10.7 Å². The molecule has 0 aromatic heterocycles. The second-order valence-corrected chi connectivity index (χ2v) is 9.17. The summed E-state index contributed by atoms with van der Waals surface area (Å²) in [5.41, 5.74) is 1.63.